The number of halogens is 3. The van der Waals surface area contributed by atoms with Crippen molar-refractivity contribution >= 4 is 39.8 Å². The maximum absolute atomic E-state index is 13.4. The van der Waals surface area contributed by atoms with Crippen LogP contribution in [0.15, 0.2) is 60.7 Å². The summed E-state index contributed by atoms with van der Waals surface area (Å²) in [5, 5.41) is 11.6. The molecule has 1 atom stereocenters. The molecule has 41 heavy (non-hydrogen) atoms. The first kappa shape index (κ1) is 26.8. The van der Waals surface area contributed by atoms with Gasteiger partial charge in [0.15, 0.2) is 6.23 Å². The minimum atomic E-state index is -4.52. The van der Waals surface area contributed by atoms with Gasteiger partial charge in [0.1, 0.15) is 6.54 Å². The zero-order valence-electron chi connectivity index (χ0n) is 22.3. The third kappa shape index (κ3) is 5.37. The van der Waals surface area contributed by atoms with E-state index in [0.717, 1.165) is 59.2 Å². The topological polar surface area (TPSA) is 88.5 Å². The number of fused-ring (bicyclic) bond motifs is 2. The van der Waals surface area contributed by atoms with Gasteiger partial charge in [-0.05, 0) is 74.2 Å². The Morgan fingerprint density at radius 1 is 1.07 bits per heavy atom. The fourth-order valence-corrected chi connectivity index (χ4v) is 5.46. The first-order chi connectivity index (χ1) is 19.7. The summed E-state index contributed by atoms with van der Waals surface area (Å²) in [4.78, 5) is 27.4. The highest BCUT2D eigenvalue weighted by Crippen LogP contribution is 2.34. The van der Waals surface area contributed by atoms with Crippen molar-refractivity contribution in [1.82, 2.24) is 14.7 Å². The third-order valence-electron chi connectivity index (χ3n) is 7.42. The summed E-state index contributed by atoms with van der Waals surface area (Å²) < 4.78 is 47.0. The van der Waals surface area contributed by atoms with E-state index in [1.807, 2.05) is 41.9 Å². The molecule has 6 rings (SSSR count). The molecule has 0 bridgehead atoms. The molecule has 4 aromatic rings. The predicted octanol–water partition coefficient (Wildman–Crippen LogP) is 6.40. The van der Waals surface area contributed by atoms with E-state index in [0.29, 0.717) is 17.9 Å². The molecule has 2 amide bonds. The summed E-state index contributed by atoms with van der Waals surface area (Å²) in [6, 6.07) is 15.8. The number of aromatic nitrogens is 2. The van der Waals surface area contributed by atoms with Crippen molar-refractivity contribution in [2.24, 2.45) is 0 Å². The zero-order chi connectivity index (χ0) is 28.7. The van der Waals surface area contributed by atoms with Gasteiger partial charge >= 0.3 is 6.18 Å². The van der Waals surface area contributed by atoms with Gasteiger partial charge in [-0.2, -0.15) is 18.3 Å². The van der Waals surface area contributed by atoms with E-state index >= 15 is 0 Å². The van der Waals surface area contributed by atoms with Gasteiger partial charge in [-0.15, -0.1) is 0 Å². The molecule has 0 saturated carbocycles. The zero-order valence-corrected chi connectivity index (χ0v) is 22.3. The first-order valence-electron chi connectivity index (χ1n) is 13.4. The van der Waals surface area contributed by atoms with Gasteiger partial charge in [0.2, 0.25) is 5.91 Å². The highest BCUT2D eigenvalue weighted by atomic mass is 19.4. The summed E-state index contributed by atoms with van der Waals surface area (Å²) >= 11 is 0. The van der Waals surface area contributed by atoms with Crippen molar-refractivity contribution in [3.63, 3.8) is 0 Å². The van der Waals surface area contributed by atoms with E-state index in [1.165, 1.54) is 17.0 Å². The second-order valence-corrected chi connectivity index (χ2v) is 10.3. The number of alkyl halides is 3. The molecule has 3 heterocycles. The number of anilines is 3. The SMILES string of the molecule is Cc1nn(C2CCCCO2)c2cc(Nc3cccc4c3C(=O)N(CC(=O)Nc3cccc(C(F)(F)F)c3)C4)ccc12. The van der Waals surface area contributed by atoms with Gasteiger partial charge in [-0.3, -0.25) is 9.59 Å². The van der Waals surface area contributed by atoms with E-state index in [-0.39, 0.29) is 30.9 Å². The number of ether oxygens (including phenoxy) is 1. The molecule has 1 aromatic heterocycles. The highest BCUT2D eigenvalue weighted by molar-refractivity contribution is 6.06. The number of hydrogen-bond acceptors (Lipinski definition) is 5. The lowest BCUT2D eigenvalue weighted by Gasteiger charge is -2.23. The van der Waals surface area contributed by atoms with Crippen molar-refractivity contribution in [1.29, 1.82) is 0 Å². The normalized spacial score (nSPS) is 17.1. The fraction of sp³-hybridized carbons (Fsp3) is 0.300. The molecule has 2 aliphatic rings. The Labute approximate surface area is 234 Å². The van der Waals surface area contributed by atoms with Crippen LogP contribution in [-0.2, 0) is 22.3 Å². The molecule has 212 valence electrons. The average Bonchev–Trinajstić information content (AvgIpc) is 3.45. The monoisotopic (exact) mass is 563 g/mol. The number of hydrogen-bond donors (Lipinski definition) is 2. The van der Waals surface area contributed by atoms with E-state index in [4.69, 9.17) is 9.84 Å². The van der Waals surface area contributed by atoms with E-state index in [1.54, 1.807) is 6.07 Å². The van der Waals surface area contributed by atoms with Gasteiger partial charge in [0, 0.05) is 29.9 Å². The molecule has 11 heteroatoms. The molecule has 1 saturated heterocycles. The minimum Gasteiger partial charge on any atom is -0.356 e. The molecule has 8 nitrogen and oxygen atoms in total. The van der Waals surface area contributed by atoms with Crippen LogP contribution >= 0.6 is 0 Å². The number of carbonyl (C=O) groups excluding carboxylic acids is 2. The molecule has 2 aliphatic heterocycles. The Balaban J connectivity index is 1.19. The molecule has 1 fully saturated rings. The number of benzene rings is 3. The lowest BCUT2D eigenvalue weighted by Crippen LogP contribution is -2.33. The Bertz CT molecular complexity index is 1640. The van der Waals surface area contributed by atoms with Crippen molar-refractivity contribution < 1.29 is 27.5 Å². The largest absolute Gasteiger partial charge is 0.416 e. The summed E-state index contributed by atoms with van der Waals surface area (Å²) in [5.41, 5.74) is 3.59. The molecule has 0 spiro atoms. The van der Waals surface area contributed by atoms with Crippen LogP contribution in [0.25, 0.3) is 10.9 Å². The number of nitrogens with one attached hydrogen (secondary N) is 2. The van der Waals surface area contributed by atoms with E-state index in [9.17, 15) is 22.8 Å². The molecule has 3 aromatic carbocycles. The summed E-state index contributed by atoms with van der Waals surface area (Å²) in [6.45, 7) is 2.59. The Morgan fingerprint density at radius 2 is 1.90 bits per heavy atom. The van der Waals surface area contributed by atoms with Crippen LogP contribution in [0.4, 0.5) is 30.2 Å². The number of aryl methyl sites for hydroxylation is 1. The summed E-state index contributed by atoms with van der Waals surface area (Å²) in [6.07, 6.45) is -1.63. The van der Waals surface area contributed by atoms with Crippen molar-refractivity contribution in [2.75, 3.05) is 23.8 Å². The van der Waals surface area contributed by atoms with Crippen molar-refractivity contribution in [3.05, 3.63) is 83.0 Å². The first-order valence-corrected chi connectivity index (χ1v) is 13.4. The fourth-order valence-electron chi connectivity index (χ4n) is 5.46. The molecular weight excluding hydrogens is 535 g/mol. The minimum absolute atomic E-state index is 0.0137. The van der Waals surface area contributed by atoms with Crippen LogP contribution in [0.2, 0.25) is 0 Å². The molecule has 0 aliphatic carbocycles. The smallest absolute Gasteiger partial charge is 0.356 e. The van der Waals surface area contributed by atoms with Crippen LogP contribution in [0.5, 0.6) is 0 Å². The van der Waals surface area contributed by atoms with Crippen molar-refractivity contribution in [2.45, 2.75) is 45.1 Å². The van der Waals surface area contributed by atoms with Crippen LogP contribution in [-0.4, -0.2) is 39.6 Å². The number of nitrogens with zero attached hydrogens (tertiary/aromatic N) is 3. The third-order valence-corrected chi connectivity index (χ3v) is 7.42. The predicted molar refractivity (Wildman–Crippen MR) is 148 cm³/mol. The number of rotatable bonds is 6. The Kier molecular flexibility index (Phi) is 6.90. The lowest BCUT2D eigenvalue weighted by molar-refractivity contribution is -0.137. The van der Waals surface area contributed by atoms with Crippen LogP contribution in [0, 0.1) is 6.92 Å². The molecule has 0 radical (unpaired) electrons. The second kappa shape index (κ2) is 10.5. The second-order valence-electron chi connectivity index (χ2n) is 10.3. The maximum Gasteiger partial charge on any atom is 0.416 e. The summed E-state index contributed by atoms with van der Waals surface area (Å²) in [5.74, 6) is -0.918. The standard InChI is InChI=1S/C30H28F3N5O3/c1-18-23-12-11-22(15-25(23)38(36-18)27-10-2-3-13-41-27)34-24-9-4-6-19-16-37(29(40)28(19)24)17-26(39)35-21-8-5-7-20(14-21)30(31,32)33/h4-9,11-12,14-15,27,34H,2-3,10,13,16-17H2,1H3,(H,35,39). The number of carbonyl (C=O) groups is 2. The van der Waals surface area contributed by atoms with Gasteiger partial charge in [-0.1, -0.05) is 18.2 Å². The Morgan fingerprint density at radius 3 is 2.68 bits per heavy atom. The highest BCUT2D eigenvalue weighted by Gasteiger charge is 2.32. The quantitative estimate of drug-likeness (QED) is 0.283. The van der Waals surface area contributed by atoms with Crippen LogP contribution in [0.1, 0.15) is 52.7 Å². The number of amides is 2. The lowest BCUT2D eigenvalue weighted by atomic mass is 10.1. The average molecular weight is 564 g/mol. The van der Waals surface area contributed by atoms with E-state index < -0.39 is 17.6 Å². The van der Waals surface area contributed by atoms with Gasteiger partial charge in [0.05, 0.1) is 28.0 Å². The molecular formula is C30H28F3N5O3. The van der Waals surface area contributed by atoms with Gasteiger partial charge in [0.25, 0.3) is 5.91 Å². The van der Waals surface area contributed by atoms with Crippen LogP contribution < -0.4 is 10.6 Å². The molecule has 1 unspecified atom stereocenters. The van der Waals surface area contributed by atoms with Gasteiger partial charge in [-0.25, -0.2) is 4.68 Å². The Hall–Kier alpha value is -4.38. The van der Waals surface area contributed by atoms with Gasteiger partial charge < -0.3 is 20.3 Å². The maximum atomic E-state index is 13.4. The molecule has 2 N–H and O–H groups in total. The van der Waals surface area contributed by atoms with E-state index in [2.05, 4.69) is 10.6 Å². The summed E-state index contributed by atoms with van der Waals surface area (Å²) in [7, 11) is 0. The van der Waals surface area contributed by atoms with Crippen molar-refractivity contribution in [3.8, 4) is 0 Å². The van der Waals surface area contributed by atoms with Crippen LogP contribution in [0.3, 0.4) is 0 Å².